The zero-order valence-corrected chi connectivity index (χ0v) is 22.5. The number of carbonyl (C=O) groups is 2. The van der Waals surface area contributed by atoms with Crippen LogP contribution in [0.15, 0.2) is 72.8 Å². The fourth-order valence-electron chi connectivity index (χ4n) is 5.17. The highest BCUT2D eigenvalue weighted by Crippen LogP contribution is 2.25. The second-order valence-electron chi connectivity index (χ2n) is 9.99. The van der Waals surface area contributed by atoms with Gasteiger partial charge in [0.15, 0.2) is 0 Å². The Balaban J connectivity index is 0.00000336. The fraction of sp³-hybridized carbons (Fsp3) is 0.333. The molecule has 2 saturated heterocycles. The number of aryl methyl sites for hydroxylation is 1. The number of nitrogens with one attached hydrogen (secondary N) is 1. The number of phenolic OH excluding ortho intramolecular Hbond substituents is 1. The van der Waals surface area contributed by atoms with Crippen LogP contribution in [0.3, 0.4) is 0 Å². The highest BCUT2D eigenvalue weighted by Gasteiger charge is 2.31. The van der Waals surface area contributed by atoms with E-state index in [0.29, 0.717) is 31.9 Å². The van der Waals surface area contributed by atoms with E-state index in [9.17, 15) is 14.7 Å². The van der Waals surface area contributed by atoms with Crippen LogP contribution in [0.1, 0.15) is 12.0 Å². The minimum Gasteiger partial charge on any atom is -0.508 e. The molecule has 3 aromatic carbocycles. The SMILES string of the molecule is Cc1cc(NC(=O)[C@@H]2CCN(CC(=O)N3CCN(c4ccc(-c5ccccc5)cc4)CC3)C2)ccc1O.Cl. The van der Waals surface area contributed by atoms with E-state index in [-0.39, 0.29) is 35.9 Å². The summed E-state index contributed by atoms with van der Waals surface area (Å²) in [5.41, 5.74) is 5.00. The first kappa shape index (κ1) is 27.5. The van der Waals surface area contributed by atoms with E-state index >= 15 is 0 Å². The van der Waals surface area contributed by atoms with Crippen molar-refractivity contribution >= 4 is 35.6 Å². The second-order valence-corrected chi connectivity index (χ2v) is 9.99. The predicted octanol–water partition coefficient (Wildman–Crippen LogP) is 4.40. The molecule has 7 nitrogen and oxygen atoms in total. The van der Waals surface area contributed by atoms with Gasteiger partial charge in [0.2, 0.25) is 11.8 Å². The number of piperazine rings is 1. The number of benzene rings is 3. The molecule has 2 amide bonds. The second kappa shape index (κ2) is 12.3. The maximum Gasteiger partial charge on any atom is 0.236 e. The van der Waals surface area contributed by atoms with Crippen LogP contribution in [0.25, 0.3) is 11.1 Å². The van der Waals surface area contributed by atoms with Gasteiger partial charge in [-0.25, -0.2) is 0 Å². The molecule has 0 radical (unpaired) electrons. The Morgan fingerprint density at radius 2 is 1.58 bits per heavy atom. The smallest absolute Gasteiger partial charge is 0.236 e. The number of anilines is 2. The number of halogens is 1. The molecule has 0 unspecified atom stereocenters. The van der Waals surface area contributed by atoms with Crippen molar-refractivity contribution in [2.24, 2.45) is 5.92 Å². The van der Waals surface area contributed by atoms with E-state index in [0.717, 1.165) is 31.6 Å². The lowest BCUT2D eigenvalue weighted by molar-refractivity contribution is -0.132. The number of aromatic hydroxyl groups is 1. The van der Waals surface area contributed by atoms with E-state index < -0.39 is 0 Å². The van der Waals surface area contributed by atoms with Crippen LogP contribution in [-0.2, 0) is 9.59 Å². The van der Waals surface area contributed by atoms with Crippen molar-refractivity contribution in [3.05, 3.63) is 78.4 Å². The van der Waals surface area contributed by atoms with Gasteiger partial charge in [0.1, 0.15) is 5.75 Å². The molecule has 2 heterocycles. The Kier molecular flexibility index (Phi) is 8.92. The summed E-state index contributed by atoms with van der Waals surface area (Å²) in [4.78, 5) is 32.1. The maximum atomic E-state index is 13.0. The van der Waals surface area contributed by atoms with Gasteiger partial charge < -0.3 is 20.2 Å². The van der Waals surface area contributed by atoms with Gasteiger partial charge in [0.25, 0.3) is 0 Å². The average Bonchev–Trinajstić information content (AvgIpc) is 3.40. The Bertz CT molecular complexity index is 1240. The summed E-state index contributed by atoms with van der Waals surface area (Å²) in [5.74, 6) is 0.171. The van der Waals surface area contributed by atoms with Gasteiger partial charge in [-0.2, -0.15) is 0 Å². The Morgan fingerprint density at radius 1 is 0.895 bits per heavy atom. The fourth-order valence-corrected chi connectivity index (χ4v) is 5.17. The summed E-state index contributed by atoms with van der Waals surface area (Å²) in [5, 5.41) is 12.6. The van der Waals surface area contributed by atoms with E-state index in [1.54, 1.807) is 25.1 Å². The van der Waals surface area contributed by atoms with Crippen molar-refractivity contribution in [3.8, 4) is 16.9 Å². The lowest BCUT2D eigenvalue weighted by atomic mass is 10.1. The molecule has 0 bridgehead atoms. The molecule has 8 heteroatoms. The third kappa shape index (κ3) is 6.47. The number of rotatable bonds is 6. The summed E-state index contributed by atoms with van der Waals surface area (Å²) in [6.45, 7) is 6.52. The van der Waals surface area contributed by atoms with Crippen molar-refractivity contribution in [1.82, 2.24) is 9.80 Å². The number of phenols is 1. The van der Waals surface area contributed by atoms with Crippen LogP contribution >= 0.6 is 12.4 Å². The van der Waals surface area contributed by atoms with Crippen LogP contribution < -0.4 is 10.2 Å². The Labute approximate surface area is 230 Å². The van der Waals surface area contributed by atoms with Crippen molar-refractivity contribution < 1.29 is 14.7 Å². The lowest BCUT2D eigenvalue weighted by Crippen LogP contribution is -2.51. The lowest BCUT2D eigenvalue weighted by Gasteiger charge is -2.36. The van der Waals surface area contributed by atoms with Crippen LogP contribution in [0.4, 0.5) is 11.4 Å². The van der Waals surface area contributed by atoms with E-state index in [2.05, 4.69) is 63.6 Å². The first-order valence-corrected chi connectivity index (χ1v) is 13.0. The van der Waals surface area contributed by atoms with Crippen LogP contribution in [-0.4, -0.2) is 72.5 Å². The highest BCUT2D eigenvalue weighted by molar-refractivity contribution is 5.93. The molecule has 2 fully saturated rings. The molecule has 2 N–H and O–H groups in total. The normalized spacial score (nSPS) is 17.7. The highest BCUT2D eigenvalue weighted by atomic mass is 35.5. The first-order chi connectivity index (χ1) is 18.0. The van der Waals surface area contributed by atoms with Gasteiger partial charge in [-0.1, -0.05) is 42.5 Å². The van der Waals surface area contributed by atoms with Gasteiger partial charge in [0.05, 0.1) is 12.5 Å². The molecule has 2 aliphatic heterocycles. The average molecular weight is 535 g/mol. The van der Waals surface area contributed by atoms with Crippen molar-refractivity contribution in [2.45, 2.75) is 13.3 Å². The quantitative estimate of drug-likeness (QED) is 0.458. The van der Waals surface area contributed by atoms with Gasteiger partial charge in [-0.3, -0.25) is 14.5 Å². The Morgan fingerprint density at radius 3 is 2.26 bits per heavy atom. The predicted molar refractivity (Wildman–Crippen MR) is 154 cm³/mol. The standard InChI is InChI=1S/C30H34N4O3.ClH/c1-22-19-26(9-12-28(22)35)31-30(37)25-13-14-32(20-25)21-29(36)34-17-15-33(16-18-34)27-10-7-24(8-11-27)23-5-3-2-4-6-23;/h2-12,19,25,35H,13-18,20-21H2,1H3,(H,31,37);1H/t25-;/m1./s1. The van der Waals surface area contributed by atoms with Gasteiger partial charge in [0, 0.05) is 44.1 Å². The largest absolute Gasteiger partial charge is 0.508 e. The summed E-state index contributed by atoms with van der Waals surface area (Å²) in [6, 6.07) is 24.1. The molecule has 0 saturated carbocycles. The monoisotopic (exact) mass is 534 g/mol. The number of amides is 2. The third-order valence-electron chi connectivity index (χ3n) is 7.44. The molecule has 5 rings (SSSR count). The molecule has 2 aliphatic rings. The van der Waals surface area contributed by atoms with Crippen molar-refractivity contribution in [1.29, 1.82) is 0 Å². The topological polar surface area (TPSA) is 76.1 Å². The molecule has 0 spiro atoms. The molecule has 0 aromatic heterocycles. The molecule has 3 aromatic rings. The third-order valence-corrected chi connectivity index (χ3v) is 7.44. The van der Waals surface area contributed by atoms with Crippen LogP contribution in [0.5, 0.6) is 5.75 Å². The number of hydrogen-bond acceptors (Lipinski definition) is 5. The van der Waals surface area contributed by atoms with Crippen molar-refractivity contribution in [2.75, 3.05) is 56.0 Å². The van der Waals surface area contributed by atoms with Gasteiger partial charge in [-0.15, -0.1) is 12.4 Å². The minimum atomic E-state index is -0.141. The molecule has 0 aliphatic carbocycles. The number of likely N-dealkylation sites (tertiary alicyclic amines) is 1. The van der Waals surface area contributed by atoms with Crippen molar-refractivity contribution in [3.63, 3.8) is 0 Å². The molecule has 200 valence electrons. The molecule has 1 atom stereocenters. The minimum absolute atomic E-state index is 0. The summed E-state index contributed by atoms with van der Waals surface area (Å²) in [7, 11) is 0. The van der Waals surface area contributed by atoms with E-state index in [1.807, 2.05) is 11.0 Å². The number of carbonyl (C=O) groups excluding carboxylic acids is 2. The zero-order chi connectivity index (χ0) is 25.8. The first-order valence-electron chi connectivity index (χ1n) is 13.0. The van der Waals surface area contributed by atoms with Gasteiger partial charge >= 0.3 is 0 Å². The van der Waals surface area contributed by atoms with E-state index in [1.165, 1.54) is 16.8 Å². The molecular weight excluding hydrogens is 500 g/mol. The number of hydrogen-bond donors (Lipinski definition) is 2. The van der Waals surface area contributed by atoms with Crippen LogP contribution in [0, 0.1) is 12.8 Å². The maximum absolute atomic E-state index is 13.0. The number of nitrogens with zero attached hydrogens (tertiary/aromatic N) is 3. The van der Waals surface area contributed by atoms with E-state index in [4.69, 9.17) is 0 Å². The zero-order valence-electron chi connectivity index (χ0n) is 21.7. The summed E-state index contributed by atoms with van der Waals surface area (Å²) < 4.78 is 0. The Hall–Kier alpha value is -3.55. The van der Waals surface area contributed by atoms with Crippen LogP contribution in [0.2, 0.25) is 0 Å². The summed E-state index contributed by atoms with van der Waals surface area (Å²) in [6.07, 6.45) is 0.739. The molecule has 38 heavy (non-hydrogen) atoms. The van der Waals surface area contributed by atoms with Gasteiger partial charge in [-0.05, 0) is 66.9 Å². The summed E-state index contributed by atoms with van der Waals surface area (Å²) >= 11 is 0. The molecular formula is C30H35ClN4O3.